The highest BCUT2D eigenvalue weighted by molar-refractivity contribution is 5.97. The summed E-state index contributed by atoms with van der Waals surface area (Å²) in [6, 6.07) is 4.21. The molecule has 0 spiro atoms. The van der Waals surface area contributed by atoms with Gasteiger partial charge in [-0.05, 0) is 25.1 Å². The fourth-order valence-electron chi connectivity index (χ4n) is 2.26. The van der Waals surface area contributed by atoms with Crippen molar-refractivity contribution in [2.75, 3.05) is 25.0 Å². The maximum absolute atomic E-state index is 13.8. The molecule has 6 heteroatoms. The zero-order chi connectivity index (χ0) is 14.7. The van der Waals surface area contributed by atoms with Crippen molar-refractivity contribution in [1.82, 2.24) is 10.2 Å². The average Bonchev–Trinajstić information content (AvgIpc) is 2.39. The molecule has 1 aliphatic heterocycles. The van der Waals surface area contributed by atoms with Gasteiger partial charge in [0.1, 0.15) is 5.82 Å². The van der Waals surface area contributed by atoms with Gasteiger partial charge in [-0.1, -0.05) is 0 Å². The molecule has 2 N–H and O–H groups in total. The monoisotopic (exact) mass is 279 g/mol. The van der Waals surface area contributed by atoms with Gasteiger partial charge in [0.2, 0.25) is 5.91 Å². The Morgan fingerprint density at radius 1 is 1.45 bits per heavy atom. The van der Waals surface area contributed by atoms with E-state index in [2.05, 4.69) is 10.6 Å². The molecule has 0 aliphatic carbocycles. The van der Waals surface area contributed by atoms with Crippen LogP contribution >= 0.6 is 0 Å². The molecule has 1 aromatic carbocycles. The van der Waals surface area contributed by atoms with E-state index in [-0.39, 0.29) is 23.4 Å². The Bertz CT molecular complexity index is 533. The molecule has 1 aromatic rings. The van der Waals surface area contributed by atoms with Crippen LogP contribution in [0.1, 0.15) is 24.2 Å². The highest BCUT2D eigenvalue weighted by Gasteiger charge is 2.24. The lowest BCUT2D eigenvalue weighted by atomic mass is 10.1. The molecule has 20 heavy (non-hydrogen) atoms. The number of carbonyl (C=O) groups is 2. The molecule has 1 aliphatic rings. The summed E-state index contributed by atoms with van der Waals surface area (Å²) in [6.07, 6.45) is 0. The largest absolute Gasteiger partial charge is 0.336 e. The summed E-state index contributed by atoms with van der Waals surface area (Å²) in [5, 5.41) is 5.78. The number of anilines is 1. The van der Waals surface area contributed by atoms with Gasteiger partial charge in [-0.15, -0.1) is 0 Å². The summed E-state index contributed by atoms with van der Waals surface area (Å²) in [5.74, 6) is -1.18. The zero-order valence-electron chi connectivity index (χ0n) is 11.6. The Morgan fingerprint density at radius 3 is 2.85 bits per heavy atom. The van der Waals surface area contributed by atoms with Crippen molar-refractivity contribution < 1.29 is 14.0 Å². The molecule has 0 saturated carbocycles. The maximum Gasteiger partial charge on any atom is 0.257 e. The lowest BCUT2D eigenvalue weighted by Crippen LogP contribution is -2.51. The van der Waals surface area contributed by atoms with E-state index in [9.17, 15) is 14.0 Å². The number of rotatable bonds is 2. The van der Waals surface area contributed by atoms with Gasteiger partial charge in [0.25, 0.3) is 5.91 Å². The highest BCUT2D eigenvalue weighted by atomic mass is 19.1. The molecular weight excluding hydrogens is 261 g/mol. The second-order valence-corrected chi connectivity index (χ2v) is 4.98. The van der Waals surface area contributed by atoms with Gasteiger partial charge in [-0.2, -0.15) is 0 Å². The first kappa shape index (κ1) is 14.5. The summed E-state index contributed by atoms with van der Waals surface area (Å²) < 4.78 is 13.8. The lowest BCUT2D eigenvalue weighted by molar-refractivity contribution is -0.114. The minimum absolute atomic E-state index is 0.00894. The molecule has 2 rings (SSSR count). The number of piperazine rings is 1. The van der Waals surface area contributed by atoms with Crippen molar-refractivity contribution in [2.24, 2.45) is 0 Å². The van der Waals surface area contributed by atoms with Gasteiger partial charge in [-0.25, -0.2) is 4.39 Å². The third-order valence-electron chi connectivity index (χ3n) is 3.17. The fourth-order valence-corrected chi connectivity index (χ4v) is 2.26. The molecule has 1 unspecified atom stereocenters. The predicted octanol–water partition coefficient (Wildman–Crippen LogP) is 1.22. The number of carbonyl (C=O) groups excluding carboxylic acids is 2. The molecule has 1 saturated heterocycles. The third-order valence-corrected chi connectivity index (χ3v) is 3.17. The standard InChI is InChI=1S/C14H18FN3O2/c1-9-8-18(6-5-16-9)14(20)12-7-11(17-10(2)19)3-4-13(12)15/h3-4,7,9,16H,5-6,8H2,1-2H3,(H,17,19). The molecule has 0 aromatic heterocycles. The van der Waals surface area contributed by atoms with Crippen molar-refractivity contribution >= 4 is 17.5 Å². The van der Waals surface area contributed by atoms with Crippen LogP contribution in [0.2, 0.25) is 0 Å². The minimum Gasteiger partial charge on any atom is -0.336 e. The van der Waals surface area contributed by atoms with E-state index < -0.39 is 5.82 Å². The van der Waals surface area contributed by atoms with E-state index in [1.165, 1.54) is 25.1 Å². The van der Waals surface area contributed by atoms with E-state index in [1.807, 2.05) is 6.92 Å². The van der Waals surface area contributed by atoms with Crippen LogP contribution in [0.25, 0.3) is 0 Å². The number of halogens is 1. The summed E-state index contributed by atoms with van der Waals surface area (Å²) in [5.41, 5.74) is 0.413. The van der Waals surface area contributed by atoms with E-state index in [4.69, 9.17) is 0 Å². The second kappa shape index (κ2) is 6.00. The first-order valence-corrected chi connectivity index (χ1v) is 6.57. The minimum atomic E-state index is -0.574. The summed E-state index contributed by atoms with van der Waals surface area (Å²) in [4.78, 5) is 25.0. The van der Waals surface area contributed by atoms with Gasteiger partial charge in [-0.3, -0.25) is 9.59 Å². The van der Waals surface area contributed by atoms with Gasteiger partial charge in [0.15, 0.2) is 0 Å². The Hall–Kier alpha value is -1.95. The van der Waals surface area contributed by atoms with Crippen LogP contribution in [-0.2, 0) is 4.79 Å². The first-order chi connectivity index (χ1) is 9.47. The van der Waals surface area contributed by atoms with Crippen LogP contribution in [0.4, 0.5) is 10.1 Å². The molecule has 0 radical (unpaired) electrons. The van der Waals surface area contributed by atoms with E-state index in [1.54, 1.807) is 4.90 Å². The zero-order valence-corrected chi connectivity index (χ0v) is 11.6. The molecule has 0 bridgehead atoms. The van der Waals surface area contributed by atoms with E-state index in [0.29, 0.717) is 25.3 Å². The van der Waals surface area contributed by atoms with Crippen LogP contribution < -0.4 is 10.6 Å². The number of hydrogen-bond acceptors (Lipinski definition) is 3. The van der Waals surface area contributed by atoms with Crippen LogP contribution in [0.5, 0.6) is 0 Å². The van der Waals surface area contributed by atoms with E-state index in [0.717, 1.165) is 0 Å². The summed E-state index contributed by atoms with van der Waals surface area (Å²) in [6.45, 7) is 5.13. The number of benzene rings is 1. The van der Waals surface area contributed by atoms with Crippen LogP contribution in [-0.4, -0.2) is 42.4 Å². The average molecular weight is 279 g/mol. The molecule has 1 heterocycles. The van der Waals surface area contributed by atoms with E-state index >= 15 is 0 Å². The summed E-state index contributed by atoms with van der Waals surface area (Å²) >= 11 is 0. The second-order valence-electron chi connectivity index (χ2n) is 4.98. The van der Waals surface area contributed by atoms with Crippen molar-refractivity contribution in [1.29, 1.82) is 0 Å². The van der Waals surface area contributed by atoms with Gasteiger partial charge >= 0.3 is 0 Å². The molecule has 1 atom stereocenters. The lowest BCUT2D eigenvalue weighted by Gasteiger charge is -2.32. The SMILES string of the molecule is CC(=O)Nc1ccc(F)c(C(=O)N2CCNC(C)C2)c1. The fraction of sp³-hybridized carbons (Fsp3) is 0.429. The Morgan fingerprint density at radius 2 is 2.20 bits per heavy atom. The normalized spacial score (nSPS) is 18.8. The first-order valence-electron chi connectivity index (χ1n) is 6.57. The Balaban J connectivity index is 2.21. The van der Waals surface area contributed by atoms with Crippen LogP contribution in [0.15, 0.2) is 18.2 Å². The number of amides is 2. The van der Waals surface area contributed by atoms with Crippen molar-refractivity contribution in [3.63, 3.8) is 0 Å². The smallest absolute Gasteiger partial charge is 0.257 e. The quantitative estimate of drug-likeness (QED) is 0.855. The number of nitrogens with zero attached hydrogens (tertiary/aromatic N) is 1. The van der Waals surface area contributed by atoms with Gasteiger partial charge < -0.3 is 15.5 Å². The van der Waals surface area contributed by atoms with Gasteiger partial charge in [0, 0.05) is 38.3 Å². The number of nitrogens with one attached hydrogen (secondary N) is 2. The van der Waals surface area contributed by atoms with Crippen molar-refractivity contribution in [3.8, 4) is 0 Å². The van der Waals surface area contributed by atoms with Gasteiger partial charge in [0.05, 0.1) is 5.56 Å². The van der Waals surface area contributed by atoms with Crippen molar-refractivity contribution in [3.05, 3.63) is 29.6 Å². The van der Waals surface area contributed by atoms with Crippen LogP contribution in [0, 0.1) is 5.82 Å². The third kappa shape index (κ3) is 3.33. The van der Waals surface area contributed by atoms with Crippen LogP contribution in [0.3, 0.4) is 0 Å². The molecule has 1 fully saturated rings. The molecule has 2 amide bonds. The Kier molecular flexibility index (Phi) is 4.34. The highest BCUT2D eigenvalue weighted by Crippen LogP contribution is 2.17. The number of hydrogen-bond donors (Lipinski definition) is 2. The summed E-state index contributed by atoms with van der Waals surface area (Å²) in [7, 11) is 0. The maximum atomic E-state index is 13.8. The topological polar surface area (TPSA) is 61.4 Å². The molecular formula is C14H18FN3O2. The molecule has 5 nitrogen and oxygen atoms in total. The predicted molar refractivity (Wildman–Crippen MR) is 74.1 cm³/mol. The van der Waals surface area contributed by atoms with Crippen molar-refractivity contribution in [2.45, 2.75) is 19.9 Å². The Labute approximate surface area is 117 Å². The molecule has 108 valence electrons.